The van der Waals surface area contributed by atoms with Crippen molar-refractivity contribution in [3.05, 3.63) is 35.9 Å². The molecule has 0 bridgehead atoms. The lowest BCUT2D eigenvalue weighted by Gasteiger charge is -1.97. The molecule has 3 aromatic rings. The van der Waals surface area contributed by atoms with Crippen LogP contribution in [-0.4, -0.2) is 31.0 Å². The minimum absolute atomic E-state index is 0.00624. The average molecular weight is 258 g/mol. The maximum atomic E-state index is 11.7. The van der Waals surface area contributed by atoms with Crippen LogP contribution in [0.1, 0.15) is 22.3 Å². The molecule has 0 aliphatic heterocycles. The fourth-order valence-corrected chi connectivity index (χ4v) is 1.61. The van der Waals surface area contributed by atoms with Crippen molar-refractivity contribution >= 4 is 17.1 Å². The van der Waals surface area contributed by atoms with Gasteiger partial charge in [-0.15, -0.1) is 0 Å². The number of amides is 1. The first-order valence-corrected chi connectivity index (χ1v) is 5.60. The van der Waals surface area contributed by atoms with E-state index in [1.165, 1.54) is 0 Å². The zero-order chi connectivity index (χ0) is 13.2. The van der Waals surface area contributed by atoms with E-state index in [4.69, 9.17) is 4.52 Å². The van der Waals surface area contributed by atoms with E-state index in [1.54, 1.807) is 13.1 Å². The van der Waals surface area contributed by atoms with Gasteiger partial charge in [0.15, 0.2) is 5.65 Å². The highest BCUT2D eigenvalue weighted by molar-refractivity contribution is 5.90. The smallest absolute Gasteiger partial charge is 0.293 e. The number of imidazole rings is 1. The van der Waals surface area contributed by atoms with Crippen LogP contribution in [0.2, 0.25) is 0 Å². The minimum Gasteiger partial charge on any atom is -0.342 e. The van der Waals surface area contributed by atoms with Gasteiger partial charge in [0, 0.05) is 13.1 Å². The number of aryl methyl sites for hydroxylation is 1. The Hall–Kier alpha value is -2.77. The number of nitrogens with zero attached hydrogens (tertiary/aromatic N) is 4. The number of pyridine rings is 1. The molecule has 19 heavy (non-hydrogen) atoms. The predicted octanol–water partition coefficient (Wildman–Crippen LogP) is 0.579. The summed E-state index contributed by atoms with van der Waals surface area (Å²) in [6.45, 7) is 1.86. The van der Waals surface area contributed by atoms with Gasteiger partial charge in [-0.25, -0.2) is 9.97 Å². The van der Waals surface area contributed by atoms with Crippen LogP contribution in [0.5, 0.6) is 0 Å². The van der Waals surface area contributed by atoms with Crippen LogP contribution < -0.4 is 5.32 Å². The van der Waals surface area contributed by atoms with Gasteiger partial charge in [-0.05, 0) is 12.1 Å². The Balaban J connectivity index is 1.70. The summed E-state index contributed by atoms with van der Waals surface area (Å²) in [5.74, 6) is 0.553. The summed E-state index contributed by atoms with van der Waals surface area (Å²) in [6.07, 6.45) is 1.66. The van der Waals surface area contributed by atoms with Crippen LogP contribution in [0.3, 0.4) is 0 Å². The Labute approximate surface area is 107 Å². The molecule has 0 saturated carbocycles. The molecular formula is C11H10N6O2. The topological polar surface area (TPSA) is 110 Å². The second-order valence-corrected chi connectivity index (χ2v) is 3.88. The summed E-state index contributed by atoms with van der Waals surface area (Å²) in [5.41, 5.74) is 1.43. The van der Waals surface area contributed by atoms with Crippen LogP contribution in [0.15, 0.2) is 22.9 Å². The number of nitrogens with one attached hydrogen (secondary N) is 2. The summed E-state index contributed by atoms with van der Waals surface area (Å²) in [4.78, 5) is 26.9. The van der Waals surface area contributed by atoms with E-state index in [0.717, 1.165) is 5.52 Å². The highest BCUT2D eigenvalue weighted by atomic mass is 16.5. The van der Waals surface area contributed by atoms with Crippen molar-refractivity contribution < 1.29 is 9.32 Å². The van der Waals surface area contributed by atoms with Gasteiger partial charge < -0.3 is 14.8 Å². The predicted molar refractivity (Wildman–Crippen MR) is 64.1 cm³/mol. The van der Waals surface area contributed by atoms with Crippen molar-refractivity contribution in [2.24, 2.45) is 0 Å². The third-order valence-corrected chi connectivity index (χ3v) is 2.45. The number of hydrogen-bond donors (Lipinski definition) is 2. The maximum absolute atomic E-state index is 11.7. The quantitative estimate of drug-likeness (QED) is 0.711. The number of H-pyrrole nitrogens is 1. The van der Waals surface area contributed by atoms with E-state index >= 15 is 0 Å². The summed E-state index contributed by atoms with van der Waals surface area (Å²) >= 11 is 0. The number of carbonyl (C=O) groups excluding carboxylic acids is 1. The molecule has 0 atom stereocenters. The van der Waals surface area contributed by atoms with Gasteiger partial charge in [-0.3, -0.25) is 4.79 Å². The van der Waals surface area contributed by atoms with Crippen molar-refractivity contribution in [2.75, 3.05) is 0 Å². The molecule has 0 fully saturated rings. The van der Waals surface area contributed by atoms with E-state index in [0.29, 0.717) is 17.4 Å². The van der Waals surface area contributed by atoms with Crippen molar-refractivity contribution in [1.82, 2.24) is 30.4 Å². The molecule has 3 aromatic heterocycles. The Morgan fingerprint density at radius 3 is 3.11 bits per heavy atom. The van der Waals surface area contributed by atoms with Crippen LogP contribution in [-0.2, 0) is 6.54 Å². The van der Waals surface area contributed by atoms with Gasteiger partial charge in [0.05, 0.1) is 12.1 Å². The van der Waals surface area contributed by atoms with Crippen molar-refractivity contribution in [3.8, 4) is 0 Å². The van der Waals surface area contributed by atoms with Gasteiger partial charge in [-0.2, -0.15) is 4.98 Å². The van der Waals surface area contributed by atoms with Crippen LogP contribution in [0, 0.1) is 6.92 Å². The van der Waals surface area contributed by atoms with Gasteiger partial charge in [0.1, 0.15) is 5.82 Å². The number of rotatable bonds is 3. The largest absolute Gasteiger partial charge is 0.342 e. The van der Waals surface area contributed by atoms with Crippen LogP contribution in [0.25, 0.3) is 11.2 Å². The van der Waals surface area contributed by atoms with Crippen molar-refractivity contribution in [1.29, 1.82) is 0 Å². The number of fused-ring (bicyclic) bond motifs is 1. The molecule has 0 radical (unpaired) electrons. The molecule has 3 heterocycles. The highest BCUT2D eigenvalue weighted by Gasteiger charge is 2.13. The second-order valence-electron chi connectivity index (χ2n) is 3.88. The van der Waals surface area contributed by atoms with E-state index < -0.39 is 5.91 Å². The first kappa shape index (κ1) is 11.3. The van der Waals surface area contributed by atoms with Crippen LogP contribution in [0.4, 0.5) is 0 Å². The molecular weight excluding hydrogens is 248 g/mol. The molecule has 0 aromatic carbocycles. The molecule has 1 amide bonds. The third-order valence-electron chi connectivity index (χ3n) is 2.45. The normalized spacial score (nSPS) is 10.8. The third kappa shape index (κ3) is 2.28. The molecule has 0 unspecified atom stereocenters. The molecule has 8 nitrogen and oxygen atoms in total. The van der Waals surface area contributed by atoms with Crippen molar-refractivity contribution in [2.45, 2.75) is 13.5 Å². The number of aromatic nitrogens is 5. The maximum Gasteiger partial charge on any atom is 0.293 e. The molecule has 0 spiro atoms. The lowest BCUT2D eigenvalue weighted by atomic mass is 10.4. The highest BCUT2D eigenvalue weighted by Crippen LogP contribution is 2.07. The Morgan fingerprint density at radius 2 is 2.37 bits per heavy atom. The Bertz CT molecular complexity index is 698. The number of carbonyl (C=O) groups is 1. The second kappa shape index (κ2) is 4.48. The zero-order valence-corrected chi connectivity index (χ0v) is 10.0. The van der Waals surface area contributed by atoms with E-state index in [2.05, 4.69) is 30.4 Å². The lowest BCUT2D eigenvalue weighted by Crippen LogP contribution is -2.24. The first-order chi connectivity index (χ1) is 9.22. The zero-order valence-electron chi connectivity index (χ0n) is 10.0. The Morgan fingerprint density at radius 1 is 1.47 bits per heavy atom. The molecule has 96 valence electrons. The van der Waals surface area contributed by atoms with E-state index in [9.17, 15) is 4.79 Å². The monoisotopic (exact) mass is 258 g/mol. The summed E-state index contributed by atoms with van der Waals surface area (Å²) < 4.78 is 4.73. The fraction of sp³-hybridized carbons (Fsp3) is 0.182. The minimum atomic E-state index is -0.412. The van der Waals surface area contributed by atoms with Gasteiger partial charge in [-0.1, -0.05) is 5.16 Å². The summed E-state index contributed by atoms with van der Waals surface area (Å²) in [6, 6.07) is 3.67. The molecule has 0 aliphatic rings. The number of hydrogen-bond acceptors (Lipinski definition) is 6. The van der Waals surface area contributed by atoms with E-state index in [1.807, 2.05) is 12.1 Å². The molecule has 3 rings (SSSR count). The van der Waals surface area contributed by atoms with E-state index in [-0.39, 0.29) is 12.4 Å². The molecule has 2 N–H and O–H groups in total. The fourth-order valence-electron chi connectivity index (χ4n) is 1.61. The standard InChI is InChI=1S/C11H10N6O2/c1-6-14-10(17-19-6)11(18)13-5-8-15-7-3-2-4-12-9(7)16-8/h2-4H,5H2,1H3,(H,13,18)(H,12,15,16). The number of aromatic amines is 1. The summed E-state index contributed by atoms with van der Waals surface area (Å²) in [7, 11) is 0. The van der Waals surface area contributed by atoms with Crippen molar-refractivity contribution in [3.63, 3.8) is 0 Å². The summed E-state index contributed by atoms with van der Waals surface area (Å²) in [5, 5.41) is 6.17. The molecule has 0 aliphatic carbocycles. The molecule has 0 saturated heterocycles. The van der Waals surface area contributed by atoms with Gasteiger partial charge >= 0.3 is 0 Å². The lowest BCUT2D eigenvalue weighted by molar-refractivity contribution is 0.0936. The van der Waals surface area contributed by atoms with Crippen LogP contribution >= 0.6 is 0 Å². The Kier molecular flexibility index (Phi) is 2.67. The first-order valence-electron chi connectivity index (χ1n) is 5.60. The average Bonchev–Trinajstić information content (AvgIpc) is 3.01. The van der Waals surface area contributed by atoms with Gasteiger partial charge in [0.2, 0.25) is 5.89 Å². The molecule has 8 heteroatoms. The SMILES string of the molecule is Cc1nc(C(=O)NCc2nc3ncccc3[nH]2)no1. The van der Waals surface area contributed by atoms with Gasteiger partial charge in [0.25, 0.3) is 11.7 Å².